The predicted molar refractivity (Wildman–Crippen MR) is 83.2 cm³/mol. The molecule has 1 aliphatic rings. The summed E-state index contributed by atoms with van der Waals surface area (Å²) in [5.74, 6) is 0.729. The van der Waals surface area contributed by atoms with Crippen molar-refractivity contribution >= 4 is 17.2 Å². The third kappa shape index (κ3) is 4.02. The maximum absolute atomic E-state index is 6.12. The van der Waals surface area contributed by atoms with Crippen molar-refractivity contribution < 1.29 is 4.74 Å². The van der Waals surface area contributed by atoms with Gasteiger partial charge in [-0.3, -0.25) is 0 Å². The molecule has 104 valence electrons. The average Bonchev–Trinajstić information content (AvgIpc) is 2.45. The molecule has 19 heavy (non-hydrogen) atoms. The molecule has 2 atom stereocenters. The van der Waals surface area contributed by atoms with Crippen molar-refractivity contribution in [2.45, 2.75) is 51.7 Å². The molecule has 1 saturated carbocycles. The first-order valence-corrected chi connectivity index (χ1v) is 7.62. The fourth-order valence-corrected chi connectivity index (χ4v) is 3.00. The summed E-state index contributed by atoms with van der Waals surface area (Å²) in [5.41, 5.74) is 7.74. The van der Waals surface area contributed by atoms with E-state index in [4.69, 9.17) is 22.7 Å². The van der Waals surface area contributed by atoms with Crippen molar-refractivity contribution in [3.8, 4) is 0 Å². The van der Waals surface area contributed by atoms with Crippen LogP contribution in [0, 0.1) is 5.92 Å². The lowest BCUT2D eigenvalue weighted by Crippen LogP contribution is -2.27. The Balaban J connectivity index is 1.94. The van der Waals surface area contributed by atoms with Gasteiger partial charge in [0.25, 0.3) is 0 Å². The summed E-state index contributed by atoms with van der Waals surface area (Å²) in [6, 6.07) is 8.05. The van der Waals surface area contributed by atoms with Crippen molar-refractivity contribution in [2.75, 3.05) is 0 Å². The number of benzene rings is 1. The molecule has 0 saturated heterocycles. The highest BCUT2D eigenvalue weighted by Crippen LogP contribution is 2.29. The van der Waals surface area contributed by atoms with Crippen LogP contribution in [0.1, 0.15) is 50.2 Å². The highest BCUT2D eigenvalue weighted by atomic mass is 32.1. The smallest absolute Gasteiger partial charge is 0.103 e. The molecule has 3 heteroatoms. The number of rotatable bonds is 5. The van der Waals surface area contributed by atoms with Gasteiger partial charge in [0.1, 0.15) is 4.99 Å². The average molecular weight is 277 g/mol. The standard InChI is InChI=1S/C16H23NOS/c1-2-13-7-3-4-9-15(13)18-11-12-6-5-8-14(10-12)16(17)19/h5-6,8,10,13,15H,2-4,7,9,11H2,1H3,(H2,17,19). The van der Waals surface area contributed by atoms with E-state index in [0.29, 0.717) is 17.7 Å². The molecule has 1 aromatic carbocycles. The van der Waals surface area contributed by atoms with E-state index in [-0.39, 0.29) is 0 Å². The first-order chi connectivity index (χ1) is 9.20. The van der Waals surface area contributed by atoms with E-state index in [1.807, 2.05) is 18.2 Å². The molecule has 0 bridgehead atoms. The summed E-state index contributed by atoms with van der Waals surface area (Å²) >= 11 is 5.01. The Bertz CT molecular complexity index is 433. The van der Waals surface area contributed by atoms with Gasteiger partial charge in [-0.2, -0.15) is 0 Å². The number of hydrogen-bond donors (Lipinski definition) is 1. The molecule has 2 unspecified atom stereocenters. The van der Waals surface area contributed by atoms with Gasteiger partial charge in [0.05, 0.1) is 12.7 Å². The fraction of sp³-hybridized carbons (Fsp3) is 0.562. The van der Waals surface area contributed by atoms with Crippen molar-refractivity contribution in [1.29, 1.82) is 0 Å². The Hall–Kier alpha value is -0.930. The highest BCUT2D eigenvalue weighted by molar-refractivity contribution is 7.80. The van der Waals surface area contributed by atoms with Crippen LogP contribution in [0.5, 0.6) is 0 Å². The fourth-order valence-electron chi connectivity index (χ4n) is 2.88. The van der Waals surface area contributed by atoms with E-state index >= 15 is 0 Å². The minimum Gasteiger partial charge on any atom is -0.389 e. The lowest BCUT2D eigenvalue weighted by Gasteiger charge is -2.30. The van der Waals surface area contributed by atoms with Crippen LogP contribution in [0.2, 0.25) is 0 Å². The van der Waals surface area contributed by atoms with Crippen LogP contribution in [0.3, 0.4) is 0 Å². The van der Waals surface area contributed by atoms with Crippen LogP contribution in [0.4, 0.5) is 0 Å². The molecule has 0 aliphatic heterocycles. The highest BCUT2D eigenvalue weighted by Gasteiger charge is 2.24. The molecule has 2 rings (SSSR count). The summed E-state index contributed by atoms with van der Waals surface area (Å²) < 4.78 is 6.12. The topological polar surface area (TPSA) is 35.2 Å². The van der Waals surface area contributed by atoms with Crippen molar-refractivity contribution in [2.24, 2.45) is 11.7 Å². The van der Waals surface area contributed by atoms with Crippen LogP contribution in [0.15, 0.2) is 24.3 Å². The summed E-state index contributed by atoms with van der Waals surface area (Å²) in [6.07, 6.45) is 6.81. The zero-order valence-electron chi connectivity index (χ0n) is 11.6. The monoisotopic (exact) mass is 277 g/mol. The Morgan fingerprint density at radius 2 is 2.16 bits per heavy atom. The second-order valence-electron chi connectivity index (χ2n) is 5.37. The molecular formula is C16H23NOS. The number of nitrogens with two attached hydrogens (primary N) is 1. The van der Waals surface area contributed by atoms with Crippen LogP contribution < -0.4 is 5.73 Å². The molecule has 1 aromatic rings. The minimum atomic E-state index is 0.423. The lowest BCUT2D eigenvalue weighted by atomic mass is 9.85. The number of thiocarbonyl (C=S) groups is 1. The summed E-state index contributed by atoms with van der Waals surface area (Å²) in [6.45, 7) is 2.93. The van der Waals surface area contributed by atoms with Gasteiger partial charge in [-0.05, 0) is 30.4 Å². The molecule has 0 heterocycles. The van der Waals surface area contributed by atoms with E-state index in [0.717, 1.165) is 17.0 Å². The van der Waals surface area contributed by atoms with Crippen molar-refractivity contribution in [3.05, 3.63) is 35.4 Å². The summed E-state index contributed by atoms with van der Waals surface area (Å²) in [5, 5.41) is 0. The maximum Gasteiger partial charge on any atom is 0.103 e. The third-order valence-electron chi connectivity index (χ3n) is 4.04. The zero-order chi connectivity index (χ0) is 13.7. The number of ether oxygens (including phenoxy) is 1. The van der Waals surface area contributed by atoms with Gasteiger partial charge in [0.15, 0.2) is 0 Å². The van der Waals surface area contributed by atoms with Crippen LogP contribution in [-0.4, -0.2) is 11.1 Å². The first kappa shape index (κ1) is 14.5. The first-order valence-electron chi connectivity index (χ1n) is 7.21. The maximum atomic E-state index is 6.12. The van der Waals surface area contributed by atoms with Gasteiger partial charge in [-0.15, -0.1) is 0 Å². The zero-order valence-corrected chi connectivity index (χ0v) is 12.4. The second kappa shape index (κ2) is 7.01. The molecule has 2 nitrogen and oxygen atoms in total. The molecule has 2 N–H and O–H groups in total. The Morgan fingerprint density at radius 1 is 1.37 bits per heavy atom. The summed E-state index contributed by atoms with van der Waals surface area (Å²) in [4.78, 5) is 0.450. The third-order valence-corrected chi connectivity index (χ3v) is 4.27. The largest absolute Gasteiger partial charge is 0.389 e. The van der Waals surface area contributed by atoms with E-state index in [1.54, 1.807) is 0 Å². The van der Waals surface area contributed by atoms with Gasteiger partial charge >= 0.3 is 0 Å². The van der Waals surface area contributed by atoms with E-state index < -0.39 is 0 Å². The van der Waals surface area contributed by atoms with Crippen LogP contribution in [-0.2, 0) is 11.3 Å². The molecular weight excluding hydrogens is 254 g/mol. The van der Waals surface area contributed by atoms with E-state index in [9.17, 15) is 0 Å². The molecule has 0 spiro atoms. The van der Waals surface area contributed by atoms with Crippen molar-refractivity contribution in [1.82, 2.24) is 0 Å². The molecule has 0 radical (unpaired) electrons. The number of hydrogen-bond acceptors (Lipinski definition) is 2. The van der Waals surface area contributed by atoms with Crippen molar-refractivity contribution in [3.63, 3.8) is 0 Å². The quantitative estimate of drug-likeness (QED) is 0.831. The van der Waals surface area contributed by atoms with Gasteiger partial charge in [-0.1, -0.05) is 56.6 Å². The second-order valence-corrected chi connectivity index (χ2v) is 5.81. The molecule has 0 amide bonds. The van der Waals surface area contributed by atoms with Gasteiger partial charge in [0, 0.05) is 5.56 Å². The van der Waals surface area contributed by atoms with Gasteiger partial charge < -0.3 is 10.5 Å². The summed E-state index contributed by atoms with van der Waals surface area (Å²) in [7, 11) is 0. The SMILES string of the molecule is CCC1CCCCC1OCc1cccc(C(N)=S)c1. The van der Waals surface area contributed by atoms with Crippen LogP contribution >= 0.6 is 12.2 Å². The van der Waals surface area contributed by atoms with E-state index in [1.165, 1.54) is 32.1 Å². The Kier molecular flexibility index (Phi) is 5.34. The Morgan fingerprint density at radius 3 is 2.89 bits per heavy atom. The molecule has 0 aromatic heterocycles. The van der Waals surface area contributed by atoms with Crippen LogP contribution in [0.25, 0.3) is 0 Å². The van der Waals surface area contributed by atoms with E-state index in [2.05, 4.69) is 13.0 Å². The molecule has 1 fully saturated rings. The molecule has 1 aliphatic carbocycles. The van der Waals surface area contributed by atoms with Gasteiger partial charge in [-0.25, -0.2) is 0 Å². The van der Waals surface area contributed by atoms with Gasteiger partial charge in [0.2, 0.25) is 0 Å². The minimum absolute atomic E-state index is 0.423. The lowest BCUT2D eigenvalue weighted by molar-refractivity contribution is -0.0221. The normalized spacial score (nSPS) is 23.2. The Labute approximate surface area is 121 Å². The predicted octanol–water partition coefficient (Wildman–Crippen LogP) is 3.81.